The van der Waals surface area contributed by atoms with Gasteiger partial charge in [0.1, 0.15) is 11.2 Å². The van der Waals surface area contributed by atoms with Gasteiger partial charge < -0.3 is 0 Å². The van der Waals surface area contributed by atoms with Crippen molar-refractivity contribution in [2.75, 3.05) is 0 Å². The summed E-state index contributed by atoms with van der Waals surface area (Å²) in [6.07, 6.45) is 2.06. The van der Waals surface area contributed by atoms with E-state index in [4.69, 9.17) is 19.9 Å². The first-order chi connectivity index (χ1) is 28.2. The summed E-state index contributed by atoms with van der Waals surface area (Å²) in [5, 5.41) is 10.6. The second kappa shape index (κ2) is 12.4. The van der Waals surface area contributed by atoms with Crippen molar-refractivity contribution in [1.29, 1.82) is 0 Å². The molecule has 0 amide bonds. The van der Waals surface area contributed by atoms with E-state index in [0.29, 0.717) is 5.82 Å². The number of hydrogen-bond donors (Lipinski definition) is 0. The van der Waals surface area contributed by atoms with E-state index in [9.17, 15) is 0 Å². The largest absolute Gasteiger partial charge is 0.298 e. The van der Waals surface area contributed by atoms with Gasteiger partial charge in [-0.2, -0.15) is 0 Å². The molecule has 0 bridgehead atoms. The fraction of sp³-hybridized carbons (Fsp3) is 0. The van der Waals surface area contributed by atoms with Gasteiger partial charge in [0.15, 0.2) is 5.82 Å². The number of aromatic nitrogens is 5. The maximum Gasteiger partial charge on any atom is 0.160 e. The van der Waals surface area contributed by atoms with E-state index in [1.807, 2.05) is 30.3 Å². The number of pyridine rings is 2. The van der Waals surface area contributed by atoms with Gasteiger partial charge in [-0.05, 0) is 79.5 Å². The van der Waals surface area contributed by atoms with Crippen LogP contribution in [0.1, 0.15) is 0 Å². The molecule has 5 heteroatoms. The molecule has 0 spiro atoms. The predicted octanol–water partition coefficient (Wildman–Crippen LogP) is 13.1. The van der Waals surface area contributed by atoms with Crippen LogP contribution in [-0.2, 0) is 0 Å². The van der Waals surface area contributed by atoms with Crippen LogP contribution in [0.2, 0.25) is 0 Å². The molecule has 4 aromatic heterocycles. The molecule has 0 atom stereocenters. The van der Waals surface area contributed by atoms with Gasteiger partial charge >= 0.3 is 0 Å². The molecule has 57 heavy (non-hydrogen) atoms. The van der Waals surface area contributed by atoms with Crippen LogP contribution in [0.15, 0.2) is 188 Å². The lowest BCUT2D eigenvalue weighted by Crippen LogP contribution is -1.98. The summed E-state index contributed by atoms with van der Waals surface area (Å²) in [6, 6.07) is 64.1. The van der Waals surface area contributed by atoms with Crippen LogP contribution < -0.4 is 0 Å². The van der Waals surface area contributed by atoms with E-state index >= 15 is 0 Å². The number of rotatable bonds is 4. The molecule has 0 saturated carbocycles. The van der Waals surface area contributed by atoms with Crippen molar-refractivity contribution < 1.29 is 0 Å². The maximum absolute atomic E-state index is 5.38. The van der Waals surface area contributed by atoms with E-state index in [1.165, 1.54) is 32.3 Å². The quantitative estimate of drug-likeness (QED) is 0.170. The monoisotopic (exact) mass is 725 g/mol. The first-order valence-corrected chi connectivity index (χ1v) is 19.2. The normalized spacial score (nSPS) is 11.9. The van der Waals surface area contributed by atoms with Gasteiger partial charge in [-0.25, -0.2) is 19.9 Å². The highest BCUT2D eigenvalue weighted by molar-refractivity contribution is 6.15. The van der Waals surface area contributed by atoms with Gasteiger partial charge in [0.25, 0.3) is 0 Å². The SMILES string of the molecule is c1ccc2c(c1)cc(-c1cc(-c3cc4ccccc4c4ccccc34)nc(-c3ccc(-c4nc5ccccc5c5nc6ccccn6c45)cc3)n1)c1ccccc12. The Morgan fingerprint density at radius 3 is 1.51 bits per heavy atom. The smallest absolute Gasteiger partial charge is 0.160 e. The number of hydrogen-bond acceptors (Lipinski definition) is 4. The highest BCUT2D eigenvalue weighted by atomic mass is 15.0. The van der Waals surface area contributed by atoms with Crippen LogP contribution in [0.25, 0.3) is 116 Å². The molecule has 0 saturated heterocycles. The van der Waals surface area contributed by atoms with Crippen molar-refractivity contribution in [1.82, 2.24) is 24.3 Å². The molecule has 0 radical (unpaired) electrons. The molecule has 0 aliphatic heterocycles. The molecule has 0 unspecified atom stereocenters. The zero-order valence-electron chi connectivity index (χ0n) is 30.6. The average Bonchev–Trinajstić information content (AvgIpc) is 3.68. The zero-order valence-corrected chi connectivity index (χ0v) is 30.6. The summed E-state index contributed by atoms with van der Waals surface area (Å²) in [5.74, 6) is 0.662. The van der Waals surface area contributed by atoms with E-state index in [1.54, 1.807) is 0 Å². The molecular weight excluding hydrogens is 695 g/mol. The van der Waals surface area contributed by atoms with Crippen LogP contribution in [-0.4, -0.2) is 24.3 Å². The van der Waals surface area contributed by atoms with Crippen molar-refractivity contribution in [3.8, 4) is 45.2 Å². The number of para-hydroxylation sites is 1. The summed E-state index contributed by atoms with van der Waals surface area (Å²) >= 11 is 0. The third-order valence-corrected chi connectivity index (χ3v) is 11.4. The Labute approximate surface area is 327 Å². The summed E-state index contributed by atoms with van der Waals surface area (Å²) in [4.78, 5) is 21.0. The van der Waals surface area contributed by atoms with E-state index in [-0.39, 0.29) is 0 Å². The summed E-state index contributed by atoms with van der Waals surface area (Å²) in [5.41, 5.74) is 10.4. The van der Waals surface area contributed by atoms with E-state index in [2.05, 4.69) is 162 Å². The van der Waals surface area contributed by atoms with Crippen molar-refractivity contribution in [3.05, 3.63) is 188 Å². The molecule has 0 aliphatic carbocycles. The lowest BCUT2D eigenvalue weighted by atomic mass is 9.93. The lowest BCUT2D eigenvalue weighted by molar-refractivity contribution is 1.19. The Balaban J connectivity index is 1.09. The summed E-state index contributed by atoms with van der Waals surface area (Å²) in [6.45, 7) is 0. The first kappa shape index (κ1) is 31.6. The molecule has 4 heterocycles. The van der Waals surface area contributed by atoms with Gasteiger partial charge in [-0.15, -0.1) is 0 Å². The van der Waals surface area contributed by atoms with Crippen LogP contribution >= 0.6 is 0 Å². The number of benzene rings is 8. The van der Waals surface area contributed by atoms with Gasteiger partial charge in [-0.3, -0.25) is 4.40 Å². The van der Waals surface area contributed by atoms with Crippen molar-refractivity contribution >= 4 is 70.7 Å². The second-order valence-electron chi connectivity index (χ2n) is 14.6. The lowest BCUT2D eigenvalue weighted by Gasteiger charge is -2.15. The van der Waals surface area contributed by atoms with Crippen molar-refractivity contribution in [2.45, 2.75) is 0 Å². The van der Waals surface area contributed by atoms with Crippen LogP contribution in [0.3, 0.4) is 0 Å². The van der Waals surface area contributed by atoms with Crippen molar-refractivity contribution in [3.63, 3.8) is 0 Å². The molecule has 0 fully saturated rings. The highest BCUT2D eigenvalue weighted by Crippen LogP contribution is 2.40. The Morgan fingerprint density at radius 2 is 0.877 bits per heavy atom. The maximum atomic E-state index is 5.38. The van der Waals surface area contributed by atoms with Gasteiger partial charge in [0.05, 0.1) is 28.1 Å². The van der Waals surface area contributed by atoms with Gasteiger partial charge in [0.2, 0.25) is 0 Å². The Kier molecular flexibility index (Phi) is 6.86. The van der Waals surface area contributed by atoms with Crippen molar-refractivity contribution in [2.24, 2.45) is 0 Å². The summed E-state index contributed by atoms with van der Waals surface area (Å²) < 4.78 is 2.14. The fourth-order valence-corrected chi connectivity index (χ4v) is 8.72. The van der Waals surface area contributed by atoms with Gasteiger partial charge in [-0.1, -0.05) is 146 Å². The molecular formula is C52H31N5. The topological polar surface area (TPSA) is 56.0 Å². The predicted molar refractivity (Wildman–Crippen MR) is 235 cm³/mol. The Bertz CT molecular complexity index is 3450. The minimum atomic E-state index is 0.662. The van der Waals surface area contributed by atoms with E-state index < -0.39 is 0 Å². The zero-order chi connectivity index (χ0) is 37.5. The molecule has 264 valence electrons. The molecule has 12 rings (SSSR count). The fourth-order valence-electron chi connectivity index (χ4n) is 8.72. The second-order valence-corrected chi connectivity index (χ2v) is 14.6. The Hall–Kier alpha value is -7.76. The van der Waals surface area contributed by atoms with Gasteiger partial charge in [0, 0.05) is 33.8 Å². The molecule has 5 nitrogen and oxygen atoms in total. The number of imidazole rings is 1. The van der Waals surface area contributed by atoms with Crippen LogP contribution in [0.5, 0.6) is 0 Å². The van der Waals surface area contributed by atoms with Crippen LogP contribution in [0.4, 0.5) is 0 Å². The minimum Gasteiger partial charge on any atom is -0.298 e. The average molecular weight is 726 g/mol. The summed E-state index contributed by atoms with van der Waals surface area (Å²) in [7, 11) is 0. The minimum absolute atomic E-state index is 0.662. The van der Waals surface area contributed by atoms with Crippen LogP contribution in [0, 0.1) is 0 Å². The number of nitrogens with zero attached hydrogens (tertiary/aromatic N) is 5. The molecule has 0 N–H and O–H groups in total. The Morgan fingerprint density at radius 1 is 0.368 bits per heavy atom. The molecule has 0 aliphatic rings. The molecule has 8 aromatic carbocycles. The third-order valence-electron chi connectivity index (χ3n) is 11.4. The first-order valence-electron chi connectivity index (χ1n) is 19.2. The highest BCUT2D eigenvalue weighted by Gasteiger charge is 2.19. The number of fused-ring (bicyclic) bond motifs is 11. The molecule has 12 aromatic rings. The standard InChI is InChI=1S/C52H31N5/c1-3-15-36-34(13-1)29-43(40-19-7-5-17-38(36)40)46-31-47(44-30-35-14-2-4-16-37(35)39-18-6-8-20-41(39)44)55-52(54-46)33-26-24-32(25-27-33)49-51-50(42-21-9-10-22-45(42)53-49)56-48-23-11-12-28-57(48)51/h1-31H. The third kappa shape index (κ3) is 4.96. The van der Waals surface area contributed by atoms with E-state index in [0.717, 1.165) is 77.7 Å².